The zero-order valence-corrected chi connectivity index (χ0v) is 13.5. The van der Waals surface area contributed by atoms with Gasteiger partial charge in [0.2, 0.25) is 0 Å². The zero-order chi connectivity index (χ0) is 18.1. The molecule has 1 saturated heterocycles. The number of hydrogen-bond donors (Lipinski definition) is 0. The van der Waals surface area contributed by atoms with Crippen molar-refractivity contribution in [3.8, 4) is 6.07 Å². The minimum Gasteiger partial charge on any atom is -1.00 e. The van der Waals surface area contributed by atoms with Crippen molar-refractivity contribution in [2.24, 2.45) is 5.16 Å². The Morgan fingerprint density at radius 2 is 1.75 bits per heavy atom. The molecule has 0 aromatic rings. The molecule has 14 heteroatoms. The van der Waals surface area contributed by atoms with Crippen LogP contribution in [0, 0.1) is 17.9 Å². The Labute approximate surface area is 134 Å². The molecule has 0 atom stereocenters. The van der Waals surface area contributed by atoms with Gasteiger partial charge in [-0.1, -0.05) is 6.57 Å². The molecule has 0 aromatic carbocycles. The second-order valence-electron chi connectivity index (χ2n) is 4.15. The van der Waals surface area contributed by atoms with Crippen molar-refractivity contribution in [1.29, 1.82) is 5.26 Å². The Morgan fingerprint density at radius 3 is 2.08 bits per heavy atom. The molecule has 7 nitrogen and oxygen atoms in total. The number of oxime groups is 1. The van der Waals surface area contributed by atoms with Gasteiger partial charge < -0.3 is 14.3 Å². The first-order valence-electron chi connectivity index (χ1n) is 5.93. The molecule has 1 aliphatic heterocycles. The van der Waals surface area contributed by atoms with Gasteiger partial charge in [-0.2, -0.15) is 4.84 Å². The SMILES string of the molecule is FP(F)(F)(F)F.[C-]#[N+]/C(C#N)=N/OC(N1CCOCC1)=[N+](C)C.[F-]. The Balaban J connectivity index is 0. The van der Waals surface area contributed by atoms with Crippen molar-refractivity contribution in [1.82, 2.24) is 4.90 Å². The number of nitriles is 1. The number of halogens is 6. The van der Waals surface area contributed by atoms with E-state index in [1.54, 1.807) is 10.6 Å². The molecule has 0 spiro atoms. The number of ether oxygens (including phenoxy) is 1. The number of morpholine rings is 1. The van der Waals surface area contributed by atoms with E-state index in [-0.39, 0.29) is 10.5 Å². The van der Waals surface area contributed by atoms with Crippen LogP contribution < -0.4 is 4.70 Å². The van der Waals surface area contributed by atoms with Gasteiger partial charge >= 0.3 is 41.0 Å². The first kappa shape index (κ1) is 24.1. The van der Waals surface area contributed by atoms with E-state index in [2.05, 4.69) is 10.0 Å². The van der Waals surface area contributed by atoms with Gasteiger partial charge in [-0.15, -0.1) is 0 Å². The molecular formula is C10H14F6N5O2P. The summed E-state index contributed by atoms with van der Waals surface area (Å²) < 4.78 is 56.2. The molecule has 0 aromatic heterocycles. The summed E-state index contributed by atoms with van der Waals surface area (Å²) in [6.07, 6.45) is 0. The van der Waals surface area contributed by atoms with Gasteiger partial charge in [0.15, 0.2) is 0 Å². The van der Waals surface area contributed by atoms with Gasteiger partial charge in [-0.05, 0) is 0 Å². The van der Waals surface area contributed by atoms with E-state index in [1.165, 1.54) is 0 Å². The van der Waals surface area contributed by atoms with Gasteiger partial charge in [0.1, 0.15) is 19.2 Å². The van der Waals surface area contributed by atoms with E-state index < -0.39 is 8.16 Å². The van der Waals surface area contributed by atoms with Crippen LogP contribution in [0.3, 0.4) is 0 Å². The summed E-state index contributed by atoms with van der Waals surface area (Å²) in [5, 5.41) is 12.1. The average molecular weight is 381 g/mol. The quantitative estimate of drug-likeness (QED) is 0.119. The minimum atomic E-state index is -8.55. The third kappa shape index (κ3) is 13.5. The van der Waals surface area contributed by atoms with E-state index in [4.69, 9.17) is 21.4 Å². The smallest absolute Gasteiger partial charge is 0.492 e. The fraction of sp³-hybridized carbons (Fsp3) is 0.600. The van der Waals surface area contributed by atoms with Crippen LogP contribution in [-0.4, -0.2) is 61.7 Å². The summed E-state index contributed by atoms with van der Waals surface area (Å²) in [4.78, 5) is 10.0. The molecule has 0 amide bonds. The van der Waals surface area contributed by atoms with Gasteiger partial charge in [0.05, 0.1) is 32.5 Å². The van der Waals surface area contributed by atoms with E-state index in [1.807, 2.05) is 19.0 Å². The van der Waals surface area contributed by atoms with E-state index in [9.17, 15) is 21.0 Å². The van der Waals surface area contributed by atoms with E-state index >= 15 is 0 Å². The third-order valence-electron chi connectivity index (χ3n) is 2.08. The van der Waals surface area contributed by atoms with Crippen LogP contribution in [0.1, 0.15) is 0 Å². The number of hydrogen-bond acceptors (Lipinski definition) is 4. The molecule has 0 bridgehead atoms. The second-order valence-corrected chi connectivity index (χ2v) is 5.42. The first-order valence-corrected chi connectivity index (χ1v) is 7.62. The Kier molecular flexibility index (Phi) is 9.96. The van der Waals surface area contributed by atoms with Crippen molar-refractivity contribution < 1.29 is 39.8 Å². The average Bonchev–Trinajstić information content (AvgIpc) is 2.41. The number of amidine groups is 2. The summed E-state index contributed by atoms with van der Waals surface area (Å²) >= 11 is 0. The Morgan fingerprint density at radius 1 is 1.29 bits per heavy atom. The summed E-state index contributed by atoms with van der Waals surface area (Å²) in [5.74, 6) is -0.322. The summed E-state index contributed by atoms with van der Waals surface area (Å²) in [6.45, 7) is 9.33. The normalized spacial score (nSPS) is 16.0. The van der Waals surface area contributed by atoms with Crippen molar-refractivity contribution in [2.45, 2.75) is 0 Å². The van der Waals surface area contributed by atoms with Crippen LogP contribution in [0.15, 0.2) is 5.16 Å². The zero-order valence-electron chi connectivity index (χ0n) is 12.6. The molecule has 138 valence electrons. The molecule has 24 heavy (non-hydrogen) atoms. The van der Waals surface area contributed by atoms with Gasteiger partial charge in [-0.3, -0.25) is 0 Å². The van der Waals surface area contributed by atoms with Crippen LogP contribution in [0.4, 0.5) is 21.0 Å². The number of nitrogens with zero attached hydrogens (tertiary/aromatic N) is 5. The predicted octanol–water partition coefficient (Wildman–Crippen LogP) is -0.314. The van der Waals surface area contributed by atoms with E-state index in [0.717, 1.165) is 0 Å². The third-order valence-corrected chi connectivity index (χ3v) is 2.08. The Hall–Kier alpha value is -2.11. The van der Waals surface area contributed by atoms with Gasteiger partial charge in [-0.25, -0.2) is 14.7 Å². The van der Waals surface area contributed by atoms with Crippen molar-refractivity contribution in [3.63, 3.8) is 0 Å². The maximum atomic E-state index is 9.84. The molecule has 1 rings (SSSR count). The molecule has 0 radical (unpaired) electrons. The second kappa shape index (κ2) is 9.90. The van der Waals surface area contributed by atoms with Crippen LogP contribution in [0.25, 0.3) is 4.85 Å². The molecule has 1 aliphatic rings. The van der Waals surface area contributed by atoms with Crippen molar-refractivity contribution in [2.75, 3.05) is 40.4 Å². The van der Waals surface area contributed by atoms with Crippen molar-refractivity contribution >= 4 is 20.0 Å². The van der Waals surface area contributed by atoms with Crippen LogP contribution in [0.5, 0.6) is 0 Å². The topological polar surface area (TPSA) is 65.2 Å². The predicted molar refractivity (Wildman–Crippen MR) is 72.7 cm³/mol. The minimum absolute atomic E-state index is 0. The molecule has 1 heterocycles. The fourth-order valence-electron chi connectivity index (χ4n) is 1.33. The summed E-state index contributed by atoms with van der Waals surface area (Å²) in [7, 11) is -4.93. The molecular weight excluding hydrogens is 367 g/mol. The van der Waals surface area contributed by atoms with Crippen LogP contribution >= 0.6 is 8.16 Å². The fourth-order valence-corrected chi connectivity index (χ4v) is 1.33. The van der Waals surface area contributed by atoms with E-state index in [0.29, 0.717) is 32.3 Å². The molecule has 0 saturated carbocycles. The standard InChI is InChI=1S/C10H14N5O2.F5P.FH/c1-12-9(8-11)13-17-10(14(2)3)15-4-6-16-7-5-15;1-6(2,3,4)5;/h4-7H2,2-3H3;;1H/q+1;;/p-1/b13-9+;;. The maximum absolute atomic E-state index is 9.84. The summed E-state index contributed by atoms with van der Waals surface area (Å²) in [6, 6.07) is 2.15. The van der Waals surface area contributed by atoms with Crippen molar-refractivity contribution in [3.05, 3.63) is 11.4 Å². The maximum Gasteiger partial charge on any atom is 0.492 e. The Bertz CT molecular complexity index is 520. The van der Waals surface area contributed by atoms with Crippen LogP contribution in [0.2, 0.25) is 0 Å². The number of rotatable bonds is 1. The van der Waals surface area contributed by atoms with Gasteiger partial charge in [0.25, 0.3) is 0 Å². The van der Waals surface area contributed by atoms with Gasteiger partial charge in [0, 0.05) is 0 Å². The molecule has 1 fully saturated rings. The van der Waals surface area contributed by atoms with Crippen LogP contribution in [-0.2, 0) is 9.57 Å². The first-order chi connectivity index (χ1) is 10.4. The molecule has 0 unspecified atom stereocenters. The molecule has 0 N–H and O–H groups in total. The summed E-state index contributed by atoms with van der Waals surface area (Å²) in [5.41, 5.74) is 0. The molecule has 0 aliphatic carbocycles. The largest absolute Gasteiger partial charge is 1.00 e. The monoisotopic (exact) mass is 381 g/mol.